The van der Waals surface area contributed by atoms with Gasteiger partial charge in [0, 0.05) is 41.2 Å². The van der Waals surface area contributed by atoms with Gasteiger partial charge in [-0.1, -0.05) is 42.5 Å². The molecule has 0 spiro atoms. The lowest BCUT2D eigenvalue weighted by molar-refractivity contribution is -0.119. The molecule has 0 radical (unpaired) electrons. The van der Waals surface area contributed by atoms with Crippen molar-refractivity contribution in [3.63, 3.8) is 0 Å². The minimum Gasteiger partial charge on any atom is -0.509 e. The number of nitrogens with one attached hydrogen (secondary N) is 2. The number of hydrogen-bond donors (Lipinski definition) is 4. The molecule has 0 aliphatic carbocycles. The van der Waals surface area contributed by atoms with E-state index in [0.717, 1.165) is 27.6 Å². The van der Waals surface area contributed by atoms with Crippen molar-refractivity contribution in [2.75, 3.05) is 0 Å². The lowest BCUT2D eigenvalue weighted by Crippen LogP contribution is -2.21. The van der Waals surface area contributed by atoms with Gasteiger partial charge in [0.05, 0.1) is 5.92 Å². The highest BCUT2D eigenvalue weighted by atomic mass is 16.3. The Hall–Kier alpha value is -3.38. The van der Waals surface area contributed by atoms with Crippen molar-refractivity contribution in [1.82, 2.24) is 10.3 Å². The summed E-state index contributed by atoms with van der Waals surface area (Å²) in [6.45, 7) is 5.10. The zero-order chi connectivity index (χ0) is 21.8. The average Bonchev–Trinajstić information content (AvgIpc) is 3.07. The van der Waals surface area contributed by atoms with Crippen molar-refractivity contribution < 1.29 is 19.8 Å². The van der Waals surface area contributed by atoms with E-state index < -0.39 is 12.0 Å². The summed E-state index contributed by atoms with van der Waals surface area (Å²) in [6, 6.07) is 15.3. The number of aromatic nitrogens is 1. The van der Waals surface area contributed by atoms with Crippen molar-refractivity contribution in [2.24, 2.45) is 0 Å². The van der Waals surface area contributed by atoms with E-state index in [1.807, 2.05) is 55.5 Å². The van der Waals surface area contributed by atoms with Crippen molar-refractivity contribution in [1.29, 1.82) is 0 Å². The van der Waals surface area contributed by atoms with Crippen LogP contribution in [0.3, 0.4) is 0 Å². The Labute approximate surface area is 175 Å². The number of benzene rings is 2. The molecule has 0 aliphatic rings. The van der Waals surface area contributed by atoms with Crippen molar-refractivity contribution in [2.45, 2.75) is 39.3 Å². The normalized spacial score (nSPS) is 14.1. The lowest BCUT2D eigenvalue weighted by atomic mass is 9.85. The van der Waals surface area contributed by atoms with Gasteiger partial charge in [-0.15, -0.1) is 0 Å². The second kappa shape index (κ2) is 8.97. The van der Waals surface area contributed by atoms with Gasteiger partial charge in [0.25, 0.3) is 0 Å². The lowest BCUT2D eigenvalue weighted by Gasteiger charge is -2.21. The Morgan fingerprint density at radius 2 is 1.90 bits per heavy atom. The maximum atomic E-state index is 12.1. The molecule has 4 N–H and O–H groups in total. The molecular weight excluding hydrogens is 380 g/mol. The molecule has 1 amide bonds. The second-order valence-electron chi connectivity index (χ2n) is 7.45. The minimum atomic E-state index is -1.19. The van der Waals surface area contributed by atoms with Crippen molar-refractivity contribution in [3.05, 3.63) is 82.2 Å². The van der Waals surface area contributed by atoms with Gasteiger partial charge in [-0.3, -0.25) is 9.59 Å². The third-order valence-electron chi connectivity index (χ3n) is 5.16. The number of rotatable bonds is 7. The zero-order valence-corrected chi connectivity index (χ0v) is 17.3. The summed E-state index contributed by atoms with van der Waals surface area (Å²) in [6.07, 6.45) is -0.611. The Morgan fingerprint density at radius 3 is 2.50 bits per heavy atom. The molecule has 0 bridgehead atoms. The summed E-state index contributed by atoms with van der Waals surface area (Å²) in [7, 11) is 0. The van der Waals surface area contributed by atoms with Gasteiger partial charge in [0.15, 0.2) is 6.29 Å². The Morgan fingerprint density at radius 1 is 1.20 bits per heavy atom. The van der Waals surface area contributed by atoms with E-state index in [0.29, 0.717) is 12.0 Å². The first kappa shape index (κ1) is 21.3. The first-order valence-corrected chi connectivity index (χ1v) is 9.80. The summed E-state index contributed by atoms with van der Waals surface area (Å²) < 4.78 is 0. The second-order valence-corrected chi connectivity index (χ2v) is 7.45. The van der Waals surface area contributed by atoms with E-state index in [2.05, 4.69) is 10.3 Å². The molecule has 1 aromatic heterocycles. The van der Waals surface area contributed by atoms with E-state index in [1.165, 1.54) is 13.8 Å². The van der Waals surface area contributed by atoms with Crippen molar-refractivity contribution >= 4 is 23.1 Å². The number of aliphatic hydroxyl groups excluding tert-OH is 2. The van der Waals surface area contributed by atoms with Gasteiger partial charge in [-0.05, 0) is 31.0 Å². The monoisotopic (exact) mass is 406 g/mol. The van der Waals surface area contributed by atoms with E-state index in [9.17, 15) is 19.8 Å². The molecule has 2 aromatic carbocycles. The number of aryl methyl sites for hydroxylation is 1. The zero-order valence-electron chi connectivity index (χ0n) is 17.3. The van der Waals surface area contributed by atoms with Gasteiger partial charge in [0.1, 0.15) is 11.9 Å². The van der Waals surface area contributed by atoms with E-state index in [1.54, 1.807) is 0 Å². The molecule has 2 atom stereocenters. The van der Waals surface area contributed by atoms with Gasteiger partial charge in [0.2, 0.25) is 5.91 Å². The number of aliphatic hydroxyl groups is 2. The summed E-state index contributed by atoms with van der Waals surface area (Å²) in [5.41, 5.74) is 4.29. The summed E-state index contributed by atoms with van der Waals surface area (Å²) in [4.78, 5) is 27.1. The SMILES string of the molecule is CC(=O)NCc1c(C(/C(C=O)=C(\O)[C@H](C)O)c2ccccc2)[nH]c2cc(C)ccc12. The number of hydrogen-bond acceptors (Lipinski definition) is 4. The molecule has 0 saturated heterocycles. The fraction of sp³-hybridized carbons (Fsp3) is 0.250. The van der Waals surface area contributed by atoms with Crippen LogP contribution in [0.15, 0.2) is 59.9 Å². The highest BCUT2D eigenvalue weighted by Gasteiger charge is 2.28. The van der Waals surface area contributed by atoms with E-state index in [-0.39, 0.29) is 23.8 Å². The highest BCUT2D eigenvalue weighted by Crippen LogP contribution is 2.37. The largest absolute Gasteiger partial charge is 0.509 e. The summed E-state index contributed by atoms with van der Waals surface area (Å²) >= 11 is 0. The topological polar surface area (TPSA) is 102 Å². The fourth-order valence-electron chi connectivity index (χ4n) is 3.70. The molecule has 30 heavy (non-hydrogen) atoms. The molecule has 0 saturated carbocycles. The van der Waals surface area contributed by atoms with Gasteiger partial charge >= 0.3 is 0 Å². The number of H-pyrrole nitrogens is 1. The first-order chi connectivity index (χ1) is 14.3. The average molecular weight is 406 g/mol. The smallest absolute Gasteiger partial charge is 0.217 e. The quantitative estimate of drug-likeness (QED) is 0.273. The standard InChI is InChI=1S/C24H26N2O4/c1-14-9-10-18-19(12-25-16(3)29)23(26-21(18)11-14)22(17-7-5-4-6-8-17)20(13-27)24(30)15(2)28/h4-11,13,15,22,26,28,30H,12H2,1-3H3,(H,25,29)/b24-20-/t15-,22?/m0/s1. The molecule has 6 heteroatoms. The van der Waals surface area contributed by atoms with Crippen LogP contribution in [0.1, 0.15) is 42.1 Å². The Bertz CT molecular complexity index is 1100. The van der Waals surface area contributed by atoms with Crippen LogP contribution in [0.4, 0.5) is 0 Å². The van der Waals surface area contributed by atoms with Crippen LogP contribution in [0.25, 0.3) is 10.9 Å². The highest BCUT2D eigenvalue weighted by molar-refractivity contribution is 5.88. The van der Waals surface area contributed by atoms with Crippen LogP contribution in [-0.4, -0.2) is 33.5 Å². The van der Waals surface area contributed by atoms with Crippen LogP contribution in [-0.2, 0) is 16.1 Å². The van der Waals surface area contributed by atoms with Gasteiger partial charge in [-0.2, -0.15) is 0 Å². The van der Waals surface area contributed by atoms with Gasteiger partial charge in [-0.25, -0.2) is 0 Å². The number of aldehydes is 1. The Kier molecular flexibility index (Phi) is 6.37. The molecular formula is C24H26N2O4. The first-order valence-electron chi connectivity index (χ1n) is 9.80. The number of fused-ring (bicyclic) bond motifs is 1. The molecule has 6 nitrogen and oxygen atoms in total. The van der Waals surface area contributed by atoms with E-state index >= 15 is 0 Å². The number of allylic oxidation sites excluding steroid dienone is 1. The molecule has 3 rings (SSSR count). The van der Waals surface area contributed by atoms with E-state index in [4.69, 9.17) is 0 Å². The number of aromatic amines is 1. The molecule has 3 aromatic rings. The van der Waals surface area contributed by atoms with Crippen LogP contribution in [0.2, 0.25) is 0 Å². The Balaban J connectivity index is 2.32. The number of amides is 1. The number of carbonyl (C=O) groups excluding carboxylic acids is 2. The summed E-state index contributed by atoms with van der Waals surface area (Å²) in [5, 5.41) is 24.2. The molecule has 1 unspecified atom stereocenters. The van der Waals surface area contributed by atoms with Gasteiger partial charge < -0.3 is 20.5 Å². The third-order valence-corrected chi connectivity index (χ3v) is 5.16. The molecule has 156 valence electrons. The molecule has 1 heterocycles. The van der Waals surface area contributed by atoms with Crippen molar-refractivity contribution in [3.8, 4) is 0 Å². The van der Waals surface area contributed by atoms with Crippen LogP contribution in [0.5, 0.6) is 0 Å². The van der Waals surface area contributed by atoms with Crippen LogP contribution >= 0.6 is 0 Å². The molecule has 0 aliphatic heterocycles. The van der Waals surface area contributed by atoms with Crippen LogP contribution < -0.4 is 5.32 Å². The predicted octanol–water partition coefficient (Wildman–Crippen LogP) is 3.64. The third kappa shape index (κ3) is 4.28. The predicted molar refractivity (Wildman–Crippen MR) is 116 cm³/mol. The maximum Gasteiger partial charge on any atom is 0.217 e. The minimum absolute atomic E-state index is 0.0727. The summed E-state index contributed by atoms with van der Waals surface area (Å²) in [5.74, 6) is -1.19. The maximum absolute atomic E-state index is 12.1. The molecule has 0 fully saturated rings. The number of carbonyl (C=O) groups is 2. The van der Waals surface area contributed by atoms with Crippen LogP contribution in [0, 0.1) is 6.92 Å². The fourth-order valence-corrected chi connectivity index (χ4v) is 3.70.